The van der Waals surface area contributed by atoms with Gasteiger partial charge in [0.05, 0.1) is 5.56 Å². The number of carbonyl (C=O) groups is 4. The molecule has 0 bridgehead atoms. The van der Waals surface area contributed by atoms with E-state index in [1.807, 2.05) is 0 Å². The smallest absolute Gasteiger partial charge is 0.335 e. The summed E-state index contributed by atoms with van der Waals surface area (Å²) in [7, 11) is 0. The van der Waals surface area contributed by atoms with Crippen molar-refractivity contribution in [2.45, 2.75) is 0 Å². The second kappa shape index (κ2) is 8.11. The molecule has 0 aliphatic rings. The molecule has 0 saturated heterocycles. The summed E-state index contributed by atoms with van der Waals surface area (Å²) in [4.78, 5) is 41.2. The third-order valence-electron chi connectivity index (χ3n) is 2.63. The van der Waals surface area contributed by atoms with Gasteiger partial charge in [-0.1, -0.05) is 24.3 Å². The molecular weight excluding hydrogens is 286 g/mol. The molecule has 0 radical (unpaired) electrons. The van der Waals surface area contributed by atoms with E-state index in [-0.39, 0.29) is 5.56 Å². The summed E-state index contributed by atoms with van der Waals surface area (Å²) in [5.41, 5.74) is 6.60. The predicted octanol–water partition coefficient (Wildman–Crippen LogP) is 1.80. The molecule has 0 unspecified atom stereocenters. The van der Waals surface area contributed by atoms with Gasteiger partial charge in [-0.25, -0.2) is 4.79 Å². The molecular formula is C16H13NO5. The van der Waals surface area contributed by atoms with E-state index in [9.17, 15) is 19.2 Å². The Balaban J connectivity index is 0.000000220. The molecule has 2 aromatic carbocycles. The lowest BCUT2D eigenvalue weighted by Crippen LogP contribution is -2.10. The fraction of sp³-hybridized carbons (Fsp3) is 0. The minimum atomic E-state index is -0.984. The SMILES string of the molecule is NC(=O)c1ccc(C=O)cc1.O=Cc1ccc(C(=O)O)cc1. The number of aldehydes is 2. The zero-order valence-corrected chi connectivity index (χ0v) is 11.4. The summed E-state index contributed by atoms with van der Waals surface area (Å²) in [5.74, 6) is -1.47. The lowest BCUT2D eigenvalue weighted by molar-refractivity contribution is 0.0696. The van der Waals surface area contributed by atoms with Crippen LogP contribution in [0.25, 0.3) is 0 Å². The number of hydrogen-bond donors (Lipinski definition) is 2. The van der Waals surface area contributed by atoms with Gasteiger partial charge in [0.15, 0.2) is 0 Å². The lowest BCUT2D eigenvalue weighted by Gasteiger charge is -1.93. The van der Waals surface area contributed by atoms with E-state index in [1.165, 1.54) is 36.4 Å². The van der Waals surface area contributed by atoms with Crippen LogP contribution in [-0.4, -0.2) is 29.6 Å². The Bertz CT molecular complexity index is 613. The van der Waals surface area contributed by atoms with Crippen molar-refractivity contribution in [2.24, 2.45) is 5.73 Å². The zero-order chi connectivity index (χ0) is 16.5. The van der Waals surface area contributed by atoms with Crippen LogP contribution in [-0.2, 0) is 0 Å². The van der Waals surface area contributed by atoms with Gasteiger partial charge in [-0.2, -0.15) is 0 Å². The van der Waals surface area contributed by atoms with Gasteiger partial charge in [-0.3, -0.25) is 14.4 Å². The molecule has 6 heteroatoms. The standard InChI is InChI=1S/C8H7NO2.C8H6O3/c9-8(11)7-3-1-6(5-10)2-4-7;9-5-6-1-3-7(4-2-6)8(10)11/h1-5H,(H2,9,11);1-5H,(H,10,11). The number of aromatic carboxylic acids is 1. The lowest BCUT2D eigenvalue weighted by atomic mass is 10.1. The molecule has 22 heavy (non-hydrogen) atoms. The first-order valence-electron chi connectivity index (χ1n) is 6.11. The van der Waals surface area contributed by atoms with Crippen LogP contribution >= 0.6 is 0 Å². The number of carboxylic acids is 1. The van der Waals surface area contributed by atoms with E-state index in [0.717, 1.165) is 0 Å². The Morgan fingerprint density at radius 2 is 1.14 bits per heavy atom. The van der Waals surface area contributed by atoms with Crippen LogP contribution < -0.4 is 5.73 Å². The van der Waals surface area contributed by atoms with E-state index >= 15 is 0 Å². The van der Waals surface area contributed by atoms with Crippen LogP contribution in [0.4, 0.5) is 0 Å². The highest BCUT2D eigenvalue weighted by Gasteiger charge is 2.00. The van der Waals surface area contributed by atoms with Gasteiger partial charge in [-0.05, 0) is 24.3 Å². The summed E-state index contributed by atoms with van der Waals surface area (Å²) in [6, 6.07) is 11.9. The van der Waals surface area contributed by atoms with Crippen molar-refractivity contribution in [1.82, 2.24) is 0 Å². The molecule has 0 atom stereocenters. The molecule has 0 spiro atoms. The Hall–Kier alpha value is -3.28. The van der Waals surface area contributed by atoms with Gasteiger partial charge < -0.3 is 10.8 Å². The molecule has 6 nitrogen and oxygen atoms in total. The fourth-order valence-electron chi connectivity index (χ4n) is 1.43. The van der Waals surface area contributed by atoms with E-state index < -0.39 is 11.9 Å². The Morgan fingerprint density at radius 1 is 0.773 bits per heavy atom. The first-order valence-corrected chi connectivity index (χ1v) is 6.11. The molecule has 2 rings (SSSR count). The maximum absolute atomic E-state index is 10.5. The predicted molar refractivity (Wildman–Crippen MR) is 79.1 cm³/mol. The van der Waals surface area contributed by atoms with Crippen LogP contribution in [0.1, 0.15) is 41.4 Å². The number of primary amides is 1. The molecule has 2 aromatic rings. The summed E-state index contributed by atoms with van der Waals surface area (Å²) in [6.45, 7) is 0. The first kappa shape index (κ1) is 16.8. The number of carboxylic acid groups (broad SMARTS) is 1. The Kier molecular flexibility index (Phi) is 6.18. The third kappa shape index (κ3) is 5.01. The zero-order valence-electron chi connectivity index (χ0n) is 11.4. The van der Waals surface area contributed by atoms with Crippen LogP contribution in [0.3, 0.4) is 0 Å². The topological polar surface area (TPSA) is 115 Å². The van der Waals surface area contributed by atoms with Gasteiger partial charge in [0.2, 0.25) is 5.91 Å². The highest BCUT2D eigenvalue weighted by atomic mass is 16.4. The molecule has 0 aliphatic heterocycles. The van der Waals surface area contributed by atoms with E-state index in [0.29, 0.717) is 29.3 Å². The maximum atomic E-state index is 10.5. The number of nitrogens with two attached hydrogens (primary N) is 1. The van der Waals surface area contributed by atoms with Gasteiger partial charge in [0.25, 0.3) is 0 Å². The van der Waals surface area contributed by atoms with Crippen molar-refractivity contribution in [3.05, 3.63) is 70.8 Å². The summed E-state index contributed by atoms with van der Waals surface area (Å²) in [5, 5.41) is 8.46. The number of amides is 1. The largest absolute Gasteiger partial charge is 0.478 e. The summed E-state index contributed by atoms with van der Waals surface area (Å²) in [6.07, 6.45) is 1.39. The molecule has 1 amide bonds. The average molecular weight is 299 g/mol. The van der Waals surface area contributed by atoms with Crippen LogP contribution in [0.2, 0.25) is 0 Å². The second-order valence-electron chi connectivity index (χ2n) is 4.15. The number of rotatable bonds is 4. The normalized spacial score (nSPS) is 9.09. The maximum Gasteiger partial charge on any atom is 0.335 e. The van der Waals surface area contributed by atoms with E-state index in [2.05, 4.69) is 0 Å². The average Bonchev–Trinajstić information content (AvgIpc) is 2.55. The van der Waals surface area contributed by atoms with Crippen molar-refractivity contribution in [1.29, 1.82) is 0 Å². The minimum absolute atomic E-state index is 0.190. The van der Waals surface area contributed by atoms with Crippen molar-refractivity contribution in [3.8, 4) is 0 Å². The molecule has 0 heterocycles. The van der Waals surface area contributed by atoms with E-state index in [1.54, 1.807) is 12.1 Å². The Labute approximate surface area is 126 Å². The molecule has 0 saturated carbocycles. The van der Waals surface area contributed by atoms with Crippen molar-refractivity contribution in [3.63, 3.8) is 0 Å². The van der Waals surface area contributed by atoms with Crippen molar-refractivity contribution < 1.29 is 24.3 Å². The third-order valence-corrected chi connectivity index (χ3v) is 2.63. The van der Waals surface area contributed by atoms with Crippen LogP contribution in [0.5, 0.6) is 0 Å². The van der Waals surface area contributed by atoms with Crippen LogP contribution in [0.15, 0.2) is 48.5 Å². The number of hydrogen-bond acceptors (Lipinski definition) is 4. The molecule has 3 N–H and O–H groups in total. The highest BCUT2D eigenvalue weighted by molar-refractivity contribution is 5.93. The summed E-state index contributed by atoms with van der Waals surface area (Å²) >= 11 is 0. The highest BCUT2D eigenvalue weighted by Crippen LogP contribution is 2.01. The monoisotopic (exact) mass is 299 g/mol. The second-order valence-corrected chi connectivity index (χ2v) is 4.15. The van der Waals surface area contributed by atoms with E-state index in [4.69, 9.17) is 10.8 Å². The molecule has 112 valence electrons. The Morgan fingerprint density at radius 3 is 1.41 bits per heavy atom. The molecule has 0 fully saturated rings. The first-order chi connectivity index (χ1) is 10.5. The van der Waals surface area contributed by atoms with Gasteiger partial charge in [-0.15, -0.1) is 0 Å². The van der Waals surface area contributed by atoms with Gasteiger partial charge in [0.1, 0.15) is 12.6 Å². The number of carbonyl (C=O) groups excluding carboxylic acids is 3. The van der Waals surface area contributed by atoms with Crippen LogP contribution in [0, 0.1) is 0 Å². The van der Waals surface area contributed by atoms with Gasteiger partial charge in [0, 0.05) is 16.7 Å². The van der Waals surface area contributed by atoms with Crippen molar-refractivity contribution >= 4 is 24.4 Å². The molecule has 0 aromatic heterocycles. The summed E-state index contributed by atoms with van der Waals surface area (Å²) < 4.78 is 0. The van der Waals surface area contributed by atoms with Gasteiger partial charge >= 0.3 is 5.97 Å². The quantitative estimate of drug-likeness (QED) is 0.835. The molecule has 0 aliphatic carbocycles. The minimum Gasteiger partial charge on any atom is -0.478 e. The fourth-order valence-corrected chi connectivity index (χ4v) is 1.43. The van der Waals surface area contributed by atoms with Crippen molar-refractivity contribution in [2.75, 3.05) is 0 Å². The number of benzene rings is 2.